The maximum atomic E-state index is 13.0. The molecule has 178 valence electrons. The lowest BCUT2D eigenvalue weighted by Crippen LogP contribution is -2.23. The minimum atomic E-state index is -4.40. The molecule has 0 heterocycles. The number of carbonyl (C=O) groups is 1. The zero-order valence-corrected chi connectivity index (χ0v) is 20.6. The maximum Gasteiger partial charge on any atom is 0.416 e. The van der Waals surface area contributed by atoms with E-state index in [1.807, 2.05) is 30.3 Å². The molecule has 0 saturated carbocycles. The van der Waals surface area contributed by atoms with Crippen LogP contribution in [0.3, 0.4) is 0 Å². The van der Waals surface area contributed by atoms with Crippen LogP contribution >= 0.6 is 22.6 Å². The average molecular weight is 582 g/mol. The molecule has 0 fully saturated rings. The smallest absolute Gasteiger partial charge is 0.416 e. The largest absolute Gasteiger partial charge is 0.489 e. The van der Waals surface area contributed by atoms with Crippen molar-refractivity contribution in [2.24, 2.45) is 0 Å². The van der Waals surface area contributed by atoms with Crippen LogP contribution in [0.5, 0.6) is 11.5 Å². The fourth-order valence-corrected chi connectivity index (χ4v) is 3.54. The summed E-state index contributed by atoms with van der Waals surface area (Å²) in [5.41, 5.74) is 2.25. The molecule has 3 aromatic carbocycles. The Morgan fingerprint density at radius 3 is 2.15 bits per heavy atom. The normalized spacial score (nSPS) is 12.8. The molecule has 3 aromatic rings. The molecule has 1 N–H and O–H groups in total. The topological polar surface area (TPSA) is 55.8 Å². The summed E-state index contributed by atoms with van der Waals surface area (Å²) in [6, 6.07) is 17.8. The van der Waals surface area contributed by atoms with Crippen LogP contribution in [-0.2, 0) is 11.0 Å². The molecule has 0 spiro atoms. The van der Waals surface area contributed by atoms with E-state index in [9.17, 15) is 18.0 Å². The first kappa shape index (κ1) is 25.6. The summed E-state index contributed by atoms with van der Waals surface area (Å²) in [5, 5.41) is 9.00. The second kappa shape index (κ2) is 10.9. The maximum absolute atomic E-state index is 13.0. The molecule has 0 bridgehead atoms. The van der Waals surface area contributed by atoms with E-state index < -0.39 is 23.8 Å². The standard InChI is InChI=1S/C26H22F3IO4/c1-16-15-22(11-12-24(16)34-17(2)25(31)32)33-14-13-23(19-5-9-21(30)10-6-19)18-3-7-20(8-4-18)26(27,28)29/h3-13,15,17H,14H2,1-2H3,(H,31,32)/b23-13-. The second-order valence-electron chi connectivity index (χ2n) is 7.54. The van der Waals surface area contributed by atoms with Gasteiger partial charge in [-0.1, -0.05) is 24.3 Å². The number of alkyl halides is 3. The monoisotopic (exact) mass is 582 g/mol. The van der Waals surface area contributed by atoms with Gasteiger partial charge in [0.1, 0.15) is 18.1 Å². The first-order chi connectivity index (χ1) is 16.0. The molecule has 3 rings (SSSR count). The van der Waals surface area contributed by atoms with Crippen molar-refractivity contribution in [2.75, 3.05) is 6.61 Å². The van der Waals surface area contributed by atoms with Crippen molar-refractivity contribution in [3.05, 3.63) is 98.6 Å². The molecule has 0 amide bonds. The Morgan fingerprint density at radius 2 is 1.62 bits per heavy atom. The Balaban J connectivity index is 1.81. The first-order valence-corrected chi connectivity index (χ1v) is 11.4. The van der Waals surface area contributed by atoms with Crippen LogP contribution in [0.15, 0.2) is 72.8 Å². The van der Waals surface area contributed by atoms with Gasteiger partial charge in [-0.05, 0) is 107 Å². The molecule has 0 radical (unpaired) electrons. The van der Waals surface area contributed by atoms with Crippen LogP contribution in [-0.4, -0.2) is 23.8 Å². The van der Waals surface area contributed by atoms with Gasteiger partial charge in [0.05, 0.1) is 5.56 Å². The molecule has 0 aliphatic heterocycles. The molecule has 0 saturated heterocycles. The van der Waals surface area contributed by atoms with Crippen molar-refractivity contribution >= 4 is 34.1 Å². The van der Waals surface area contributed by atoms with Crippen molar-refractivity contribution in [1.82, 2.24) is 0 Å². The van der Waals surface area contributed by atoms with E-state index in [2.05, 4.69) is 22.6 Å². The summed E-state index contributed by atoms with van der Waals surface area (Å²) in [6.45, 7) is 3.41. The van der Waals surface area contributed by atoms with Gasteiger partial charge in [0.25, 0.3) is 0 Å². The van der Waals surface area contributed by atoms with Gasteiger partial charge in [-0.2, -0.15) is 13.2 Å². The lowest BCUT2D eigenvalue weighted by atomic mass is 9.96. The Hall–Kier alpha value is -3.01. The van der Waals surface area contributed by atoms with Gasteiger partial charge in [0.15, 0.2) is 6.10 Å². The van der Waals surface area contributed by atoms with Gasteiger partial charge in [0, 0.05) is 3.57 Å². The van der Waals surface area contributed by atoms with E-state index in [4.69, 9.17) is 14.6 Å². The van der Waals surface area contributed by atoms with Crippen LogP contribution in [0.4, 0.5) is 13.2 Å². The molecule has 1 atom stereocenters. The zero-order valence-electron chi connectivity index (χ0n) is 18.4. The van der Waals surface area contributed by atoms with Crippen LogP contribution in [0.1, 0.15) is 29.2 Å². The fraction of sp³-hybridized carbons (Fsp3) is 0.192. The number of rotatable bonds is 8. The summed E-state index contributed by atoms with van der Waals surface area (Å²) in [7, 11) is 0. The summed E-state index contributed by atoms with van der Waals surface area (Å²) in [4.78, 5) is 11.0. The number of carboxylic acid groups (broad SMARTS) is 1. The van der Waals surface area contributed by atoms with Gasteiger partial charge >= 0.3 is 12.1 Å². The van der Waals surface area contributed by atoms with Crippen LogP contribution in [0.2, 0.25) is 0 Å². The van der Waals surface area contributed by atoms with Crippen LogP contribution in [0.25, 0.3) is 5.57 Å². The third-order valence-corrected chi connectivity index (χ3v) is 5.73. The number of hydrogen-bond donors (Lipinski definition) is 1. The summed E-state index contributed by atoms with van der Waals surface area (Å²) in [5.74, 6) is -0.0585. The highest BCUT2D eigenvalue weighted by Crippen LogP contribution is 2.32. The number of carboxylic acids is 1. The molecule has 0 aliphatic carbocycles. The van der Waals surface area contributed by atoms with Crippen LogP contribution in [0, 0.1) is 10.5 Å². The van der Waals surface area contributed by atoms with Crippen molar-refractivity contribution in [3.8, 4) is 11.5 Å². The van der Waals surface area contributed by atoms with Gasteiger partial charge in [-0.3, -0.25) is 0 Å². The van der Waals surface area contributed by atoms with E-state index >= 15 is 0 Å². The average Bonchev–Trinajstić information content (AvgIpc) is 2.78. The van der Waals surface area contributed by atoms with E-state index in [1.165, 1.54) is 19.1 Å². The number of halogens is 4. The molecule has 8 heteroatoms. The molecular formula is C26H22F3IO4. The van der Waals surface area contributed by atoms with Crippen molar-refractivity contribution in [3.63, 3.8) is 0 Å². The summed E-state index contributed by atoms with van der Waals surface area (Å²) in [6.07, 6.45) is -3.56. The van der Waals surface area contributed by atoms with Gasteiger partial charge in [-0.25, -0.2) is 4.79 Å². The molecule has 0 aliphatic rings. The number of ether oxygens (including phenoxy) is 2. The fourth-order valence-electron chi connectivity index (χ4n) is 3.18. The van der Waals surface area contributed by atoms with Crippen molar-refractivity contribution in [1.29, 1.82) is 0 Å². The Bertz CT molecular complexity index is 1170. The highest BCUT2D eigenvalue weighted by molar-refractivity contribution is 14.1. The minimum absolute atomic E-state index is 0.174. The van der Waals surface area contributed by atoms with Crippen LogP contribution < -0.4 is 9.47 Å². The zero-order chi connectivity index (χ0) is 24.9. The number of benzene rings is 3. The summed E-state index contributed by atoms with van der Waals surface area (Å²) < 4.78 is 51.2. The number of hydrogen-bond acceptors (Lipinski definition) is 3. The van der Waals surface area contributed by atoms with Crippen molar-refractivity contribution < 1.29 is 32.5 Å². The predicted molar refractivity (Wildman–Crippen MR) is 132 cm³/mol. The highest BCUT2D eigenvalue weighted by Gasteiger charge is 2.30. The molecule has 4 nitrogen and oxygen atoms in total. The molecule has 1 unspecified atom stereocenters. The van der Waals surface area contributed by atoms with Crippen molar-refractivity contribution in [2.45, 2.75) is 26.1 Å². The Labute approximate surface area is 209 Å². The van der Waals surface area contributed by atoms with Gasteiger partial charge in [-0.15, -0.1) is 0 Å². The third-order valence-electron chi connectivity index (χ3n) is 5.01. The van der Waals surface area contributed by atoms with E-state index in [-0.39, 0.29) is 6.61 Å². The first-order valence-electron chi connectivity index (χ1n) is 10.3. The van der Waals surface area contributed by atoms with E-state index in [1.54, 1.807) is 25.1 Å². The van der Waals surface area contributed by atoms with Gasteiger partial charge < -0.3 is 14.6 Å². The summed E-state index contributed by atoms with van der Waals surface area (Å²) >= 11 is 2.19. The van der Waals surface area contributed by atoms with Gasteiger partial charge in [0.2, 0.25) is 0 Å². The van der Waals surface area contributed by atoms with E-state index in [0.717, 1.165) is 32.4 Å². The lowest BCUT2D eigenvalue weighted by Gasteiger charge is -2.14. The Morgan fingerprint density at radius 1 is 1.03 bits per heavy atom. The Kier molecular flexibility index (Phi) is 8.24. The number of aliphatic carboxylic acids is 1. The minimum Gasteiger partial charge on any atom is -0.489 e. The highest BCUT2D eigenvalue weighted by atomic mass is 127. The molecule has 0 aromatic heterocycles. The molecular weight excluding hydrogens is 560 g/mol. The predicted octanol–water partition coefficient (Wildman–Crippen LogP) is 6.98. The lowest BCUT2D eigenvalue weighted by molar-refractivity contribution is -0.144. The quantitative estimate of drug-likeness (QED) is 0.291. The molecule has 34 heavy (non-hydrogen) atoms. The number of aryl methyl sites for hydroxylation is 1. The second-order valence-corrected chi connectivity index (χ2v) is 8.78. The SMILES string of the molecule is Cc1cc(OC/C=C(\c2ccc(I)cc2)c2ccc(C(F)(F)F)cc2)ccc1OC(C)C(=O)O. The third kappa shape index (κ3) is 6.75. The van der Waals surface area contributed by atoms with E-state index in [0.29, 0.717) is 17.1 Å².